The molecule has 0 bridgehead atoms. The van der Waals surface area contributed by atoms with E-state index in [4.69, 9.17) is 14.6 Å². The van der Waals surface area contributed by atoms with E-state index >= 15 is 0 Å². The summed E-state index contributed by atoms with van der Waals surface area (Å²) in [6.07, 6.45) is 1.51. The number of phenolic OH excluding ortho intramolecular Hbond substituents is 1. The molecule has 0 amide bonds. The number of carboxylic acids is 1. The number of nitrogens with one attached hydrogen (secondary N) is 2. The molecule has 2 heterocycles. The zero-order valence-electron chi connectivity index (χ0n) is 20.2. The number of rotatable bonds is 6. The third kappa shape index (κ3) is 8.17. The number of hydrazone groups is 1. The second-order valence-electron chi connectivity index (χ2n) is 7.92. The lowest BCUT2D eigenvalue weighted by atomic mass is 10.1. The summed E-state index contributed by atoms with van der Waals surface area (Å²) in [5.74, 6) is 0.540. The molecule has 1 aliphatic heterocycles. The number of aromatic nitrogens is 3. The number of morpholine rings is 1. The van der Waals surface area contributed by atoms with E-state index in [0.717, 1.165) is 28.2 Å². The summed E-state index contributed by atoms with van der Waals surface area (Å²) in [5, 5.41) is 24.9. The van der Waals surface area contributed by atoms with Crippen molar-refractivity contribution in [1.82, 2.24) is 15.0 Å². The molecular weight excluding hydrogens is 530 g/mol. The van der Waals surface area contributed by atoms with Gasteiger partial charge in [0.05, 0.1) is 19.4 Å². The lowest BCUT2D eigenvalue weighted by Gasteiger charge is -2.27. The molecule has 0 radical (unpaired) electrons. The SMILES string of the molecule is CC(=O)O.Cc1ccc(C)c(Nc2nc(NN=Cc3cc(Br)ccc3O)nc(N3CCOCC3)n2)c1. The predicted molar refractivity (Wildman–Crippen MR) is 142 cm³/mol. The van der Waals surface area contributed by atoms with Gasteiger partial charge in [0.25, 0.3) is 5.97 Å². The Morgan fingerprint density at radius 3 is 2.53 bits per heavy atom. The number of aromatic hydroxyl groups is 1. The summed E-state index contributed by atoms with van der Waals surface area (Å²) in [6.45, 7) is 7.78. The fourth-order valence-electron chi connectivity index (χ4n) is 3.15. The minimum Gasteiger partial charge on any atom is -0.507 e. The largest absolute Gasteiger partial charge is 0.507 e. The molecular formula is C24H28BrN7O4. The fraction of sp³-hybridized carbons (Fsp3) is 0.292. The maximum atomic E-state index is 9.99. The first-order valence-corrected chi connectivity index (χ1v) is 11.9. The predicted octanol–water partition coefficient (Wildman–Crippen LogP) is 4.07. The fourth-order valence-corrected chi connectivity index (χ4v) is 3.53. The van der Waals surface area contributed by atoms with E-state index in [1.165, 1.54) is 6.21 Å². The molecule has 12 heteroatoms. The van der Waals surface area contributed by atoms with Crippen molar-refractivity contribution < 1.29 is 19.7 Å². The van der Waals surface area contributed by atoms with Gasteiger partial charge in [-0.05, 0) is 49.2 Å². The number of hydrogen-bond donors (Lipinski definition) is 4. The van der Waals surface area contributed by atoms with Gasteiger partial charge in [-0.1, -0.05) is 28.1 Å². The molecule has 190 valence electrons. The first kappa shape index (κ1) is 26.8. The first-order valence-electron chi connectivity index (χ1n) is 11.1. The average molecular weight is 558 g/mol. The van der Waals surface area contributed by atoms with Crippen LogP contribution in [0.1, 0.15) is 23.6 Å². The van der Waals surface area contributed by atoms with Crippen LogP contribution in [0.5, 0.6) is 5.75 Å². The molecule has 0 saturated carbocycles. The molecule has 1 saturated heterocycles. The van der Waals surface area contributed by atoms with E-state index in [1.807, 2.05) is 13.8 Å². The van der Waals surface area contributed by atoms with E-state index < -0.39 is 5.97 Å². The van der Waals surface area contributed by atoms with Crippen LogP contribution in [0.3, 0.4) is 0 Å². The standard InChI is InChI=1S/C22H24BrN7O2.C2H4O2/c1-14-3-4-15(2)18(11-14)25-20-26-21(28-22(27-20)30-7-9-32-10-8-30)29-24-13-16-12-17(23)5-6-19(16)31;1-2(3)4/h3-6,11-13,31H,7-10H2,1-2H3,(H2,25,26,27,28,29);1H3,(H,3,4). The van der Waals surface area contributed by atoms with Gasteiger partial charge >= 0.3 is 0 Å². The Balaban J connectivity index is 0.000000840. The number of nitrogens with zero attached hydrogens (tertiary/aromatic N) is 5. The van der Waals surface area contributed by atoms with Gasteiger partial charge in [-0.3, -0.25) is 4.79 Å². The van der Waals surface area contributed by atoms with Crippen molar-refractivity contribution >= 4 is 51.6 Å². The van der Waals surface area contributed by atoms with Crippen molar-refractivity contribution in [2.75, 3.05) is 41.9 Å². The number of phenols is 1. The highest BCUT2D eigenvalue weighted by molar-refractivity contribution is 9.10. The number of aliphatic carboxylic acids is 1. The summed E-state index contributed by atoms with van der Waals surface area (Å²) < 4.78 is 6.29. The number of benzene rings is 2. The Morgan fingerprint density at radius 2 is 1.81 bits per heavy atom. The Hall–Kier alpha value is -3.77. The number of ether oxygens (including phenoxy) is 1. The molecule has 11 nitrogen and oxygen atoms in total. The lowest BCUT2D eigenvalue weighted by Crippen LogP contribution is -2.37. The highest BCUT2D eigenvalue weighted by atomic mass is 79.9. The average Bonchev–Trinajstić information content (AvgIpc) is 2.84. The Labute approximate surface area is 217 Å². The first-order chi connectivity index (χ1) is 17.2. The zero-order chi connectivity index (χ0) is 26.1. The van der Waals surface area contributed by atoms with E-state index in [0.29, 0.717) is 49.7 Å². The lowest BCUT2D eigenvalue weighted by molar-refractivity contribution is -0.134. The molecule has 1 aromatic heterocycles. The second kappa shape index (κ2) is 12.8. The van der Waals surface area contributed by atoms with Gasteiger partial charge in [-0.15, -0.1) is 0 Å². The summed E-state index contributed by atoms with van der Waals surface area (Å²) >= 11 is 3.39. The highest BCUT2D eigenvalue weighted by Crippen LogP contribution is 2.23. The number of hydrogen-bond acceptors (Lipinski definition) is 10. The monoisotopic (exact) mass is 557 g/mol. The Kier molecular flexibility index (Phi) is 9.53. The number of carboxylic acid groups (broad SMARTS) is 1. The van der Waals surface area contributed by atoms with Crippen molar-refractivity contribution in [2.45, 2.75) is 20.8 Å². The number of aryl methyl sites for hydroxylation is 2. The number of anilines is 4. The van der Waals surface area contributed by atoms with Crippen LogP contribution < -0.4 is 15.6 Å². The molecule has 4 N–H and O–H groups in total. The smallest absolute Gasteiger partial charge is 0.300 e. The van der Waals surface area contributed by atoms with E-state index in [9.17, 15) is 5.11 Å². The summed E-state index contributed by atoms with van der Waals surface area (Å²) in [6, 6.07) is 11.3. The van der Waals surface area contributed by atoms with Gasteiger partial charge in [-0.2, -0.15) is 20.1 Å². The van der Waals surface area contributed by atoms with Gasteiger partial charge in [0.2, 0.25) is 17.8 Å². The normalized spacial score (nSPS) is 13.2. The topological polar surface area (TPSA) is 145 Å². The molecule has 3 aromatic rings. The molecule has 1 fully saturated rings. The van der Waals surface area contributed by atoms with Crippen LogP contribution in [0.4, 0.5) is 23.5 Å². The van der Waals surface area contributed by atoms with Crippen molar-refractivity contribution in [2.24, 2.45) is 5.10 Å². The van der Waals surface area contributed by atoms with Crippen LogP contribution in [-0.4, -0.2) is 63.7 Å². The van der Waals surface area contributed by atoms with Crippen LogP contribution in [0.2, 0.25) is 0 Å². The van der Waals surface area contributed by atoms with Crippen LogP contribution in [-0.2, 0) is 9.53 Å². The van der Waals surface area contributed by atoms with Crippen molar-refractivity contribution in [3.05, 3.63) is 57.6 Å². The molecule has 0 atom stereocenters. The highest BCUT2D eigenvalue weighted by Gasteiger charge is 2.17. The minimum atomic E-state index is -0.833. The van der Waals surface area contributed by atoms with Gasteiger partial charge in [0.1, 0.15) is 5.75 Å². The quantitative estimate of drug-likeness (QED) is 0.258. The van der Waals surface area contributed by atoms with Gasteiger partial charge < -0.3 is 25.2 Å². The van der Waals surface area contributed by atoms with Crippen LogP contribution >= 0.6 is 15.9 Å². The van der Waals surface area contributed by atoms with Crippen molar-refractivity contribution in [3.8, 4) is 5.75 Å². The van der Waals surface area contributed by atoms with Crippen molar-refractivity contribution in [1.29, 1.82) is 0 Å². The molecule has 0 unspecified atom stereocenters. The second-order valence-corrected chi connectivity index (χ2v) is 8.83. The van der Waals surface area contributed by atoms with E-state index in [-0.39, 0.29) is 5.75 Å². The van der Waals surface area contributed by atoms with Crippen molar-refractivity contribution in [3.63, 3.8) is 0 Å². The molecule has 0 spiro atoms. The third-order valence-corrected chi connectivity index (χ3v) is 5.41. The maximum absolute atomic E-state index is 9.99. The summed E-state index contributed by atoms with van der Waals surface area (Å²) in [4.78, 5) is 24.7. The van der Waals surface area contributed by atoms with E-state index in [2.05, 4.69) is 69.8 Å². The molecule has 0 aliphatic carbocycles. The van der Waals surface area contributed by atoms with Crippen LogP contribution in [0.15, 0.2) is 46.0 Å². The molecule has 4 rings (SSSR count). The Morgan fingerprint density at radius 1 is 1.11 bits per heavy atom. The van der Waals surface area contributed by atoms with Gasteiger partial charge in [0, 0.05) is 35.7 Å². The molecule has 1 aliphatic rings. The zero-order valence-corrected chi connectivity index (χ0v) is 21.8. The van der Waals surface area contributed by atoms with Crippen LogP contribution in [0.25, 0.3) is 0 Å². The summed E-state index contributed by atoms with van der Waals surface area (Å²) in [7, 11) is 0. The number of halogens is 1. The molecule has 2 aromatic carbocycles. The van der Waals surface area contributed by atoms with Gasteiger partial charge in [0.15, 0.2) is 0 Å². The van der Waals surface area contributed by atoms with Crippen LogP contribution in [0, 0.1) is 13.8 Å². The van der Waals surface area contributed by atoms with Gasteiger partial charge in [-0.25, -0.2) is 5.43 Å². The minimum absolute atomic E-state index is 0.126. The number of carbonyl (C=O) groups is 1. The van der Waals surface area contributed by atoms with E-state index in [1.54, 1.807) is 18.2 Å². The Bertz CT molecular complexity index is 1230. The molecule has 36 heavy (non-hydrogen) atoms. The summed E-state index contributed by atoms with van der Waals surface area (Å²) in [5.41, 5.74) is 6.56. The third-order valence-electron chi connectivity index (χ3n) is 4.91. The maximum Gasteiger partial charge on any atom is 0.300 e.